The molecule has 2 fully saturated rings. The minimum absolute atomic E-state index is 0.00455. The topological polar surface area (TPSA) is 74.7 Å². The van der Waals surface area contributed by atoms with E-state index in [9.17, 15) is 18.3 Å². The van der Waals surface area contributed by atoms with Crippen LogP contribution in [0, 0.1) is 11.3 Å². The summed E-state index contributed by atoms with van der Waals surface area (Å²) in [5.74, 6) is -1.47. The molecule has 2 unspecified atom stereocenters. The summed E-state index contributed by atoms with van der Waals surface area (Å²) in [5.41, 5.74) is 0.0176. The van der Waals surface area contributed by atoms with Crippen LogP contribution in [0.15, 0.2) is 30.3 Å². The number of carboxylic acids is 1. The van der Waals surface area contributed by atoms with Crippen molar-refractivity contribution >= 4 is 15.8 Å². The lowest BCUT2D eigenvalue weighted by atomic mass is 9.81. The molecule has 0 bridgehead atoms. The number of fused-ring (bicyclic) bond motifs is 1. The monoisotopic (exact) mass is 295 g/mol. The van der Waals surface area contributed by atoms with Crippen LogP contribution in [0.25, 0.3) is 0 Å². The Bertz CT molecular complexity index is 628. The summed E-state index contributed by atoms with van der Waals surface area (Å²) in [6.07, 6.45) is 0. The Morgan fingerprint density at radius 2 is 2.05 bits per heavy atom. The number of sulfone groups is 1. The Hall–Kier alpha value is -1.40. The predicted octanol–water partition coefficient (Wildman–Crippen LogP) is 0.618. The molecule has 3 rings (SSSR count). The highest BCUT2D eigenvalue weighted by Gasteiger charge is 2.60. The zero-order chi connectivity index (χ0) is 14.4. The molecule has 5 nitrogen and oxygen atoms in total. The predicted molar refractivity (Wildman–Crippen MR) is 73.9 cm³/mol. The third kappa shape index (κ3) is 2.23. The first-order valence-electron chi connectivity index (χ1n) is 6.61. The molecular weight excluding hydrogens is 278 g/mol. The second kappa shape index (κ2) is 4.56. The summed E-state index contributed by atoms with van der Waals surface area (Å²) in [4.78, 5) is 13.7. The van der Waals surface area contributed by atoms with Gasteiger partial charge in [0.1, 0.15) is 0 Å². The fraction of sp³-hybridized carbons (Fsp3) is 0.500. The zero-order valence-electron chi connectivity index (χ0n) is 11.0. The molecule has 2 saturated heterocycles. The highest BCUT2D eigenvalue weighted by molar-refractivity contribution is 7.91. The van der Waals surface area contributed by atoms with E-state index in [-0.39, 0.29) is 17.4 Å². The van der Waals surface area contributed by atoms with Crippen LogP contribution in [-0.4, -0.2) is 49.0 Å². The SMILES string of the molecule is O=C(O)C12CN(Cc3ccccc3)CC1CS(=O)(=O)C2. The average Bonchev–Trinajstić information content (AvgIpc) is 2.79. The van der Waals surface area contributed by atoms with Crippen LogP contribution in [-0.2, 0) is 21.2 Å². The lowest BCUT2D eigenvalue weighted by molar-refractivity contribution is -0.148. The van der Waals surface area contributed by atoms with Crippen molar-refractivity contribution in [3.8, 4) is 0 Å². The number of hydrogen-bond acceptors (Lipinski definition) is 4. The number of carboxylic acid groups (broad SMARTS) is 1. The maximum atomic E-state index is 11.7. The van der Waals surface area contributed by atoms with Gasteiger partial charge in [0.2, 0.25) is 0 Å². The van der Waals surface area contributed by atoms with Crippen LogP contribution in [0.3, 0.4) is 0 Å². The summed E-state index contributed by atoms with van der Waals surface area (Å²) in [6.45, 7) is 1.54. The van der Waals surface area contributed by atoms with Crippen LogP contribution >= 0.6 is 0 Å². The van der Waals surface area contributed by atoms with Gasteiger partial charge in [-0.05, 0) is 5.56 Å². The molecular formula is C14H17NO4S. The van der Waals surface area contributed by atoms with Gasteiger partial charge in [-0.1, -0.05) is 30.3 Å². The third-order valence-electron chi connectivity index (χ3n) is 4.37. The summed E-state index contributed by atoms with van der Waals surface area (Å²) >= 11 is 0. The van der Waals surface area contributed by atoms with Gasteiger partial charge >= 0.3 is 5.97 Å². The van der Waals surface area contributed by atoms with Crippen molar-refractivity contribution < 1.29 is 18.3 Å². The summed E-state index contributed by atoms with van der Waals surface area (Å²) < 4.78 is 23.5. The molecule has 0 amide bonds. The molecule has 0 saturated carbocycles. The molecule has 2 atom stereocenters. The molecule has 1 N–H and O–H groups in total. The molecule has 0 aliphatic carbocycles. The lowest BCUT2D eigenvalue weighted by Crippen LogP contribution is -2.39. The minimum Gasteiger partial charge on any atom is -0.481 e. The molecule has 2 heterocycles. The van der Waals surface area contributed by atoms with Gasteiger partial charge in [0.15, 0.2) is 9.84 Å². The van der Waals surface area contributed by atoms with Crippen molar-refractivity contribution in [2.45, 2.75) is 6.54 Å². The number of likely N-dealkylation sites (tertiary alicyclic amines) is 1. The minimum atomic E-state index is -3.21. The van der Waals surface area contributed by atoms with Crippen LogP contribution in [0.1, 0.15) is 5.56 Å². The molecule has 0 spiro atoms. The molecule has 108 valence electrons. The van der Waals surface area contributed by atoms with E-state index < -0.39 is 21.2 Å². The fourth-order valence-electron chi connectivity index (χ4n) is 3.48. The standard InChI is InChI=1S/C14H17NO4S/c16-13(17)14-9-15(6-11-4-2-1-3-5-11)7-12(14)8-20(18,19)10-14/h1-5,12H,6-10H2,(H,16,17). The number of carbonyl (C=O) groups is 1. The van der Waals surface area contributed by atoms with Gasteiger partial charge in [-0.15, -0.1) is 0 Å². The number of aliphatic carboxylic acids is 1. The Balaban J connectivity index is 1.80. The maximum absolute atomic E-state index is 11.7. The number of benzene rings is 1. The summed E-state index contributed by atoms with van der Waals surface area (Å²) in [7, 11) is -3.21. The number of hydrogen-bond donors (Lipinski definition) is 1. The van der Waals surface area contributed by atoms with Crippen LogP contribution in [0.5, 0.6) is 0 Å². The van der Waals surface area contributed by atoms with E-state index in [1.54, 1.807) is 0 Å². The van der Waals surface area contributed by atoms with E-state index in [0.29, 0.717) is 19.6 Å². The molecule has 6 heteroatoms. The second-order valence-electron chi connectivity index (χ2n) is 5.87. The van der Waals surface area contributed by atoms with Crippen LogP contribution in [0.2, 0.25) is 0 Å². The Morgan fingerprint density at radius 1 is 1.35 bits per heavy atom. The van der Waals surface area contributed by atoms with Crippen molar-refractivity contribution in [1.82, 2.24) is 4.90 Å². The first kappa shape index (κ1) is 13.6. The Kier molecular flexibility index (Phi) is 3.10. The molecule has 2 aliphatic rings. The van der Waals surface area contributed by atoms with Crippen molar-refractivity contribution in [3.05, 3.63) is 35.9 Å². The Morgan fingerprint density at radius 3 is 2.65 bits per heavy atom. The van der Waals surface area contributed by atoms with E-state index in [4.69, 9.17) is 0 Å². The van der Waals surface area contributed by atoms with Gasteiger partial charge in [0.25, 0.3) is 0 Å². The van der Waals surface area contributed by atoms with Gasteiger partial charge in [0, 0.05) is 25.6 Å². The lowest BCUT2D eigenvalue weighted by Gasteiger charge is -2.22. The van der Waals surface area contributed by atoms with E-state index >= 15 is 0 Å². The van der Waals surface area contributed by atoms with Gasteiger partial charge < -0.3 is 5.11 Å². The quantitative estimate of drug-likeness (QED) is 0.884. The number of rotatable bonds is 3. The van der Waals surface area contributed by atoms with Crippen molar-refractivity contribution in [2.24, 2.45) is 11.3 Å². The molecule has 0 radical (unpaired) electrons. The molecule has 20 heavy (non-hydrogen) atoms. The maximum Gasteiger partial charge on any atom is 0.312 e. The summed E-state index contributed by atoms with van der Waals surface area (Å²) in [5, 5.41) is 9.50. The van der Waals surface area contributed by atoms with Crippen molar-refractivity contribution in [3.63, 3.8) is 0 Å². The Labute approximate surface area is 118 Å². The molecule has 2 aliphatic heterocycles. The molecule has 1 aromatic carbocycles. The third-order valence-corrected chi connectivity index (χ3v) is 6.24. The van der Waals surface area contributed by atoms with E-state index in [1.165, 1.54) is 0 Å². The van der Waals surface area contributed by atoms with Crippen molar-refractivity contribution in [2.75, 3.05) is 24.6 Å². The van der Waals surface area contributed by atoms with E-state index in [2.05, 4.69) is 4.90 Å². The van der Waals surface area contributed by atoms with E-state index in [0.717, 1.165) is 5.56 Å². The highest BCUT2D eigenvalue weighted by Crippen LogP contribution is 2.44. The first-order valence-corrected chi connectivity index (χ1v) is 8.43. The normalized spacial score (nSPS) is 32.1. The van der Waals surface area contributed by atoms with Gasteiger partial charge in [-0.3, -0.25) is 9.69 Å². The van der Waals surface area contributed by atoms with Gasteiger partial charge in [0.05, 0.1) is 16.9 Å². The zero-order valence-corrected chi connectivity index (χ0v) is 11.8. The summed E-state index contributed by atoms with van der Waals surface area (Å²) in [6, 6.07) is 9.83. The smallest absolute Gasteiger partial charge is 0.312 e. The average molecular weight is 295 g/mol. The van der Waals surface area contributed by atoms with Crippen molar-refractivity contribution in [1.29, 1.82) is 0 Å². The van der Waals surface area contributed by atoms with Crippen LogP contribution < -0.4 is 0 Å². The molecule has 1 aromatic rings. The van der Waals surface area contributed by atoms with E-state index in [1.807, 2.05) is 30.3 Å². The largest absolute Gasteiger partial charge is 0.481 e. The molecule has 0 aromatic heterocycles. The van der Waals surface area contributed by atoms with Gasteiger partial charge in [-0.2, -0.15) is 0 Å². The second-order valence-corrected chi connectivity index (χ2v) is 7.98. The number of nitrogens with zero attached hydrogens (tertiary/aromatic N) is 1. The fourth-order valence-corrected chi connectivity index (χ4v) is 5.87. The first-order chi connectivity index (χ1) is 9.41. The highest BCUT2D eigenvalue weighted by atomic mass is 32.2. The van der Waals surface area contributed by atoms with Crippen LogP contribution in [0.4, 0.5) is 0 Å². The van der Waals surface area contributed by atoms with Gasteiger partial charge in [-0.25, -0.2) is 8.42 Å².